The molecule has 2 N–H and O–H groups in total. The van der Waals surface area contributed by atoms with E-state index in [9.17, 15) is 4.79 Å². The molecule has 0 bridgehead atoms. The standard InChI is InChI=1S/C19H25N5O4/c1-26-14-3-4-17(27-2)15(11-14)23-19(25)16-12-22-18(13-21-16)20-5-6-24-7-9-28-10-8-24/h3-4,11-13H,5-10H2,1-2H3,(H,20,22)(H,23,25). The zero-order valence-electron chi connectivity index (χ0n) is 16.1. The highest BCUT2D eigenvalue weighted by molar-refractivity contribution is 6.03. The second-order valence-corrected chi connectivity index (χ2v) is 6.19. The van der Waals surface area contributed by atoms with Crippen molar-refractivity contribution in [3.63, 3.8) is 0 Å². The van der Waals surface area contributed by atoms with Crippen molar-refractivity contribution < 1.29 is 19.0 Å². The molecule has 1 aliphatic heterocycles. The number of amides is 1. The summed E-state index contributed by atoms with van der Waals surface area (Å²) in [4.78, 5) is 23.3. The largest absolute Gasteiger partial charge is 0.497 e. The van der Waals surface area contributed by atoms with Gasteiger partial charge in [0.2, 0.25) is 0 Å². The second-order valence-electron chi connectivity index (χ2n) is 6.19. The smallest absolute Gasteiger partial charge is 0.275 e. The first kappa shape index (κ1) is 19.8. The van der Waals surface area contributed by atoms with Crippen molar-refractivity contribution in [3.8, 4) is 11.5 Å². The molecule has 2 heterocycles. The highest BCUT2D eigenvalue weighted by Gasteiger charge is 2.13. The Hall–Kier alpha value is -2.91. The van der Waals surface area contributed by atoms with Crippen LogP contribution in [-0.4, -0.2) is 74.4 Å². The molecule has 0 spiro atoms. The lowest BCUT2D eigenvalue weighted by Gasteiger charge is -2.26. The molecule has 1 aromatic carbocycles. The zero-order chi connectivity index (χ0) is 19.8. The summed E-state index contributed by atoms with van der Waals surface area (Å²) < 4.78 is 15.8. The fourth-order valence-electron chi connectivity index (χ4n) is 2.80. The van der Waals surface area contributed by atoms with Crippen LogP contribution in [0, 0.1) is 0 Å². The van der Waals surface area contributed by atoms with Gasteiger partial charge < -0.3 is 24.8 Å². The summed E-state index contributed by atoms with van der Waals surface area (Å²) in [5.74, 6) is 1.40. The normalized spacial score (nSPS) is 14.4. The van der Waals surface area contributed by atoms with Gasteiger partial charge in [-0.3, -0.25) is 9.69 Å². The Morgan fingerprint density at radius 3 is 2.68 bits per heavy atom. The second kappa shape index (κ2) is 9.86. The van der Waals surface area contributed by atoms with Gasteiger partial charge in [-0.1, -0.05) is 0 Å². The average Bonchev–Trinajstić information content (AvgIpc) is 2.75. The number of carbonyl (C=O) groups excluding carboxylic acids is 1. The van der Waals surface area contributed by atoms with Gasteiger partial charge in [0, 0.05) is 32.2 Å². The van der Waals surface area contributed by atoms with Crippen LogP contribution in [0.15, 0.2) is 30.6 Å². The predicted molar refractivity (Wildman–Crippen MR) is 105 cm³/mol. The van der Waals surface area contributed by atoms with E-state index in [-0.39, 0.29) is 11.6 Å². The number of benzene rings is 1. The number of carbonyl (C=O) groups is 1. The number of nitrogens with one attached hydrogen (secondary N) is 2. The molecule has 9 heteroatoms. The van der Waals surface area contributed by atoms with Gasteiger partial charge in [0.15, 0.2) is 0 Å². The minimum atomic E-state index is -0.376. The fourth-order valence-corrected chi connectivity index (χ4v) is 2.80. The molecule has 1 aliphatic rings. The number of anilines is 2. The highest BCUT2D eigenvalue weighted by Crippen LogP contribution is 2.29. The molecule has 1 amide bonds. The monoisotopic (exact) mass is 387 g/mol. The van der Waals surface area contributed by atoms with Crippen molar-refractivity contribution in [2.45, 2.75) is 0 Å². The Kier molecular flexibility index (Phi) is 6.99. The van der Waals surface area contributed by atoms with E-state index in [1.54, 1.807) is 31.5 Å². The minimum absolute atomic E-state index is 0.212. The number of nitrogens with zero attached hydrogens (tertiary/aromatic N) is 3. The van der Waals surface area contributed by atoms with Crippen LogP contribution < -0.4 is 20.1 Å². The molecule has 1 aromatic heterocycles. The van der Waals surface area contributed by atoms with Crippen LogP contribution >= 0.6 is 0 Å². The summed E-state index contributed by atoms with van der Waals surface area (Å²) in [6, 6.07) is 5.17. The van der Waals surface area contributed by atoms with E-state index < -0.39 is 0 Å². The van der Waals surface area contributed by atoms with Crippen LogP contribution in [0.4, 0.5) is 11.5 Å². The molecule has 150 valence electrons. The SMILES string of the molecule is COc1ccc(OC)c(NC(=O)c2cnc(NCCN3CCOCC3)cn2)c1. The summed E-state index contributed by atoms with van der Waals surface area (Å²) in [5, 5.41) is 5.99. The number of aromatic nitrogens is 2. The molecular formula is C19H25N5O4. The number of ether oxygens (including phenoxy) is 3. The van der Waals surface area contributed by atoms with E-state index >= 15 is 0 Å². The Balaban J connectivity index is 1.55. The maximum absolute atomic E-state index is 12.5. The highest BCUT2D eigenvalue weighted by atomic mass is 16.5. The van der Waals surface area contributed by atoms with Crippen LogP contribution in [-0.2, 0) is 4.74 Å². The summed E-state index contributed by atoms with van der Waals surface area (Å²) in [7, 11) is 3.10. The molecular weight excluding hydrogens is 362 g/mol. The molecule has 3 rings (SSSR count). The molecule has 0 saturated carbocycles. The quantitative estimate of drug-likeness (QED) is 0.703. The van der Waals surface area contributed by atoms with Gasteiger partial charge in [-0.2, -0.15) is 0 Å². The van der Waals surface area contributed by atoms with Crippen LogP contribution in [0.5, 0.6) is 11.5 Å². The van der Waals surface area contributed by atoms with E-state index in [0.29, 0.717) is 23.0 Å². The van der Waals surface area contributed by atoms with Crippen molar-refractivity contribution in [2.24, 2.45) is 0 Å². The van der Waals surface area contributed by atoms with Crippen molar-refractivity contribution in [1.29, 1.82) is 0 Å². The zero-order valence-corrected chi connectivity index (χ0v) is 16.1. The van der Waals surface area contributed by atoms with Crippen LogP contribution in [0.2, 0.25) is 0 Å². The third-order valence-corrected chi connectivity index (χ3v) is 4.38. The van der Waals surface area contributed by atoms with Gasteiger partial charge in [0.25, 0.3) is 5.91 Å². The number of rotatable bonds is 8. The minimum Gasteiger partial charge on any atom is -0.497 e. The Morgan fingerprint density at radius 1 is 1.18 bits per heavy atom. The molecule has 28 heavy (non-hydrogen) atoms. The first-order chi connectivity index (χ1) is 13.7. The van der Waals surface area contributed by atoms with E-state index in [4.69, 9.17) is 14.2 Å². The van der Waals surface area contributed by atoms with E-state index in [1.807, 2.05) is 0 Å². The first-order valence-corrected chi connectivity index (χ1v) is 9.09. The number of methoxy groups -OCH3 is 2. The average molecular weight is 387 g/mol. The lowest BCUT2D eigenvalue weighted by Crippen LogP contribution is -2.39. The maximum atomic E-state index is 12.5. The molecule has 0 aliphatic carbocycles. The summed E-state index contributed by atoms with van der Waals surface area (Å²) in [5.41, 5.74) is 0.713. The van der Waals surface area contributed by atoms with Crippen molar-refractivity contribution in [2.75, 3.05) is 64.2 Å². The van der Waals surface area contributed by atoms with Crippen LogP contribution in [0.3, 0.4) is 0 Å². The number of hydrogen-bond donors (Lipinski definition) is 2. The summed E-state index contributed by atoms with van der Waals surface area (Å²) in [6.45, 7) is 5.11. The van der Waals surface area contributed by atoms with E-state index in [2.05, 4.69) is 25.5 Å². The van der Waals surface area contributed by atoms with Gasteiger partial charge in [0.1, 0.15) is 23.0 Å². The summed E-state index contributed by atoms with van der Waals surface area (Å²) in [6.07, 6.45) is 3.00. The molecule has 1 fully saturated rings. The van der Waals surface area contributed by atoms with Crippen molar-refractivity contribution >= 4 is 17.4 Å². The Bertz CT molecular complexity index is 778. The molecule has 2 aromatic rings. The van der Waals surface area contributed by atoms with Crippen LogP contribution in [0.1, 0.15) is 10.5 Å². The Labute approximate surface area is 164 Å². The van der Waals surface area contributed by atoms with E-state index in [1.165, 1.54) is 13.3 Å². The van der Waals surface area contributed by atoms with Gasteiger partial charge in [0.05, 0.1) is 45.5 Å². The van der Waals surface area contributed by atoms with Crippen LogP contribution in [0.25, 0.3) is 0 Å². The molecule has 9 nitrogen and oxygen atoms in total. The molecule has 1 saturated heterocycles. The lowest BCUT2D eigenvalue weighted by molar-refractivity contribution is 0.0398. The lowest BCUT2D eigenvalue weighted by atomic mass is 10.2. The molecule has 0 atom stereocenters. The van der Waals surface area contributed by atoms with Gasteiger partial charge in [-0.05, 0) is 12.1 Å². The number of hydrogen-bond acceptors (Lipinski definition) is 8. The third kappa shape index (κ3) is 5.30. The van der Waals surface area contributed by atoms with Crippen molar-refractivity contribution in [1.82, 2.24) is 14.9 Å². The Morgan fingerprint density at radius 2 is 2.00 bits per heavy atom. The maximum Gasteiger partial charge on any atom is 0.275 e. The van der Waals surface area contributed by atoms with Gasteiger partial charge in [-0.25, -0.2) is 9.97 Å². The van der Waals surface area contributed by atoms with Gasteiger partial charge >= 0.3 is 0 Å². The molecule has 0 unspecified atom stereocenters. The molecule has 0 radical (unpaired) electrons. The fraction of sp³-hybridized carbons (Fsp3) is 0.421. The predicted octanol–water partition coefficient (Wildman–Crippen LogP) is 1.49. The van der Waals surface area contributed by atoms with Gasteiger partial charge in [-0.15, -0.1) is 0 Å². The third-order valence-electron chi connectivity index (χ3n) is 4.38. The number of morpholine rings is 1. The van der Waals surface area contributed by atoms with E-state index in [0.717, 1.165) is 39.4 Å². The van der Waals surface area contributed by atoms with Crippen molar-refractivity contribution in [3.05, 3.63) is 36.3 Å². The first-order valence-electron chi connectivity index (χ1n) is 9.09. The summed E-state index contributed by atoms with van der Waals surface area (Å²) >= 11 is 0. The topological polar surface area (TPSA) is 97.8 Å².